The fourth-order valence-corrected chi connectivity index (χ4v) is 2.75. The summed E-state index contributed by atoms with van der Waals surface area (Å²) >= 11 is 0. The zero-order valence-electron chi connectivity index (χ0n) is 14.5. The predicted molar refractivity (Wildman–Crippen MR) is 98.5 cm³/mol. The molecule has 6 nitrogen and oxygen atoms in total. The van der Waals surface area contributed by atoms with Crippen LogP contribution in [0.2, 0.25) is 0 Å². The minimum Gasteiger partial charge on any atom is -0.467 e. The third kappa shape index (κ3) is 3.95. The first-order chi connectivity index (χ1) is 13.3. The average Bonchev–Trinajstić information content (AvgIpc) is 3.41. The van der Waals surface area contributed by atoms with E-state index in [0.29, 0.717) is 24.6 Å². The molecule has 6 heteroatoms. The van der Waals surface area contributed by atoms with Crippen molar-refractivity contribution in [1.29, 1.82) is 0 Å². The van der Waals surface area contributed by atoms with Crippen LogP contribution in [0.5, 0.6) is 0 Å². The van der Waals surface area contributed by atoms with Crippen molar-refractivity contribution in [1.82, 2.24) is 15.0 Å². The number of amides is 1. The van der Waals surface area contributed by atoms with Crippen molar-refractivity contribution >= 4 is 5.91 Å². The Labute approximate surface area is 156 Å². The first kappa shape index (κ1) is 16.8. The minimum absolute atomic E-state index is 0.247. The topological polar surface area (TPSA) is 72.4 Å². The van der Waals surface area contributed by atoms with Gasteiger partial charge in [0.25, 0.3) is 5.91 Å². The normalized spacial score (nSPS) is 10.7. The number of aromatic nitrogens is 2. The molecule has 27 heavy (non-hydrogen) atoms. The summed E-state index contributed by atoms with van der Waals surface area (Å²) in [5, 5.41) is 3.97. The summed E-state index contributed by atoms with van der Waals surface area (Å²) in [5.41, 5.74) is 1.90. The van der Waals surface area contributed by atoms with Gasteiger partial charge in [-0.25, -0.2) is 0 Å². The molecule has 0 aliphatic carbocycles. The molecule has 0 spiro atoms. The van der Waals surface area contributed by atoms with Gasteiger partial charge < -0.3 is 13.8 Å². The van der Waals surface area contributed by atoms with Gasteiger partial charge >= 0.3 is 0 Å². The molecule has 0 atom stereocenters. The molecule has 0 aliphatic heterocycles. The van der Waals surface area contributed by atoms with Gasteiger partial charge in [0.1, 0.15) is 5.76 Å². The van der Waals surface area contributed by atoms with Crippen LogP contribution in [0.25, 0.3) is 11.3 Å². The van der Waals surface area contributed by atoms with E-state index in [0.717, 1.165) is 11.3 Å². The first-order valence-corrected chi connectivity index (χ1v) is 8.53. The van der Waals surface area contributed by atoms with Crippen LogP contribution in [-0.4, -0.2) is 20.9 Å². The Kier molecular flexibility index (Phi) is 4.78. The lowest BCUT2D eigenvalue weighted by Crippen LogP contribution is -2.30. The summed E-state index contributed by atoms with van der Waals surface area (Å²) < 4.78 is 10.8. The van der Waals surface area contributed by atoms with Crippen molar-refractivity contribution < 1.29 is 13.7 Å². The van der Waals surface area contributed by atoms with Crippen LogP contribution in [0, 0.1) is 0 Å². The van der Waals surface area contributed by atoms with Gasteiger partial charge in [-0.05, 0) is 24.3 Å². The molecule has 0 unspecified atom stereocenters. The van der Waals surface area contributed by atoms with Gasteiger partial charge in [-0.2, -0.15) is 0 Å². The highest BCUT2D eigenvalue weighted by Gasteiger charge is 2.22. The summed E-state index contributed by atoms with van der Waals surface area (Å²) in [6, 6.07) is 20.4. The number of pyridine rings is 1. The first-order valence-electron chi connectivity index (χ1n) is 8.53. The smallest absolute Gasteiger partial charge is 0.276 e. The van der Waals surface area contributed by atoms with Crippen molar-refractivity contribution in [3.63, 3.8) is 0 Å². The highest BCUT2D eigenvalue weighted by molar-refractivity contribution is 5.93. The van der Waals surface area contributed by atoms with Crippen LogP contribution < -0.4 is 0 Å². The molecule has 0 saturated carbocycles. The highest BCUT2D eigenvalue weighted by atomic mass is 16.5. The van der Waals surface area contributed by atoms with Crippen LogP contribution in [-0.2, 0) is 13.1 Å². The van der Waals surface area contributed by atoms with E-state index in [-0.39, 0.29) is 11.6 Å². The Balaban J connectivity index is 1.59. The summed E-state index contributed by atoms with van der Waals surface area (Å²) in [4.78, 5) is 19.0. The predicted octanol–water partition coefficient (Wildman–Crippen LogP) is 4.17. The largest absolute Gasteiger partial charge is 0.467 e. The van der Waals surface area contributed by atoms with E-state index in [1.54, 1.807) is 29.5 Å². The third-order valence-corrected chi connectivity index (χ3v) is 4.08. The Morgan fingerprint density at radius 2 is 1.81 bits per heavy atom. The molecule has 0 bridgehead atoms. The van der Waals surface area contributed by atoms with E-state index in [1.165, 1.54) is 0 Å². The lowest BCUT2D eigenvalue weighted by atomic mass is 10.1. The standard InChI is InChI=1S/C21H17N3O3/c25-21(19-13-20(27-23-19)16-7-2-1-3-8-16)24(15-18-10-6-12-26-18)14-17-9-4-5-11-22-17/h1-13H,14-15H2. The van der Waals surface area contributed by atoms with E-state index in [9.17, 15) is 4.79 Å². The molecule has 1 aromatic carbocycles. The number of nitrogens with zero attached hydrogens (tertiary/aromatic N) is 3. The van der Waals surface area contributed by atoms with Crippen molar-refractivity contribution in [3.05, 3.63) is 96.3 Å². The Bertz CT molecular complexity index is 996. The number of hydrogen-bond donors (Lipinski definition) is 0. The number of rotatable bonds is 6. The van der Waals surface area contributed by atoms with E-state index in [2.05, 4.69) is 10.1 Å². The second kappa shape index (κ2) is 7.70. The number of benzene rings is 1. The van der Waals surface area contributed by atoms with Gasteiger partial charge in [-0.3, -0.25) is 9.78 Å². The molecule has 0 aliphatic rings. The van der Waals surface area contributed by atoms with Gasteiger partial charge in [0.15, 0.2) is 11.5 Å². The number of carbonyl (C=O) groups is 1. The monoisotopic (exact) mass is 359 g/mol. The molecule has 0 fully saturated rings. The lowest BCUT2D eigenvalue weighted by molar-refractivity contribution is 0.0705. The molecular weight excluding hydrogens is 342 g/mol. The zero-order chi connectivity index (χ0) is 18.5. The number of hydrogen-bond acceptors (Lipinski definition) is 5. The zero-order valence-corrected chi connectivity index (χ0v) is 14.5. The summed E-state index contributed by atoms with van der Waals surface area (Å²) in [6.45, 7) is 0.657. The fraction of sp³-hybridized carbons (Fsp3) is 0.0952. The molecule has 1 amide bonds. The van der Waals surface area contributed by atoms with E-state index in [4.69, 9.17) is 8.94 Å². The van der Waals surface area contributed by atoms with Crippen LogP contribution in [0.15, 0.2) is 88.1 Å². The average molecular weight is 359 g/mol. The van der Waals surface area contributed by atoms with Crippen LogP contribution in [0.3, 0.4) is 0 Å². The van der Waals surface area contributed by atoms with Gasteiger partial charge in [-0.15, -0.1) is 0 Å². The molecule has 0 N–H and O–H groups in total. The highest BCUT2D eigenvalue weighted by Crippen LogP contribution is 2.21. The maximum Gasteiger partial charge on any atom is 0.276 e. The Hall–Kier alpha value is -3.67. The van der Waals surface area contributed by atoms with Crippen molar-refractivity contribution in [2.75, 3.05) is 0 Å². The van der Waals surface area contributed by atoms with Crippen LogP contribution in [0.4, 0.5) is 0 Å². The minimum atomic E-state index is -0.247. The maximum atomic E-state index is 13.1. The molecule has 3 aromatic heterocycles. The summed E-state index contributed by atoms with van der Waals surface area (Å²) in [6.07, 6.45) is 3.29. The molecule has 0 saturated heterocycles. The number of carbonyl (C=O) groups excluding carboxylic acids is 1. The molecular formula is C21H17N3O3. The molecule has 4 aromatic rings. The van der Waals surface area contributed by atoms with Crippen LogP contribution in [0.1, 0.15) is 21.9 Å². The Morgan fingerprint density at radius 3 is 2.56 bits per heavy atom. The lowest BCUT2D eigenvalue weighted by Gasteiger charge is -2.20. The summed E-state index contributed by atoms with van der Waals surface area (Å²) in [5.74, 6) is 0.990. The van der Waals surface area contributed by atoms with Gasteiger partial charge in [0, 0.05) is 17.8 Å². The number of furan rings is 1. The third-order valence-electron chi connectivity index (χ3n) is 4.08. The molecule has 3 heterocycles. The maximum absolute atomic E-state index is 13.1. The fourth-order valence-electron chi connectivity index (χ4n) is 2.75. The van der Waals surface area contributed by atoms with Gasteiger partial charge in [0.05, 0.1) is 25.0 Å². The quantitative estimate of drug-likeness (QED) is 0.516. The molecule has 4 rings (SSSR count). The summed E-state index contributed by atoms with van der Waals surface area (Å²) in [7, 11) is 0. The van der Waals surface area contributed by atoms with E-state index in [1.807, 2.05) is 54.6 Å². The van der Waals surface area contributed by atoms with Gasteiger partial charge in [-0.1, -0.05) is 41.6 Å². The van der Waals surface area contributed by atoms with E-state index < -0.39 is 0 Å². The molecule has 0 radical (unpaired) electrons. The van der Waals surface area contributed by atoms with Crippen molar-refractivity contribution in [2.24, 2.45) is 0 Å². The molecule has 134 valence electrons. The van der Waals surface area contributed by atoms with Crippen molar-refractivity contribution in [2.45, 2.75) is 13.1 Å². The second-order valence-corrected chi connectivity index (χ2v) is 6.00. The van der Waals surface area contributed by atoms with Crippen LogP contribution >= 0.6 is 0 Å². The second-order valence-electron chi connectivity index (χ2n) is 6.00. The van der Waals surface area contributed by atoms with Gasteiger partial charge in [0.2, 0.25) is 0 Å². The van der Waals surface area contributed by atoms with Crippen molar-refractivity contribution in [3.8, 4) is 11.3 Å². The van der Waals surface area contributed by atoms with E-state index >= 15 is 0 Å². The SMILES string of the molecule is O=C(c1cc(-c2ccccc2)on1)N(Cc1ccccn1)Cc1ccco1. The Morgan fingerprint density at radius 1 is 0.963 bits per heavy atom.